The summed E-state index contributed by atoms with van der Waals surface area (Å²) in [5.41, 5.74) is -0.132. The standard InChI is InChI=1S/C17H26N4O/c1-3-12(2)20-15(22)16-5-13-4-14(6-16)8-17(7-13,9-16)21-11-18-10-19-21/h10-14H,3-9H2,1-2H3,(H,20,22)/t12-,13-,14+,16?,17?/m0/s1. The van der Waals surface area contributed by atoms with E-state index < -0.39 is 0 Å². The highest BCUT2D eigenvalue weighted by molar-refractivity contribution is 5.83. The van der Waals surface area contributed by atoms with Crippen LogP contribution in [0.2, 0.25) is 0 Å². The van der Waals surface area contributed by atoms with Gasteiger partial charge >= 0.3 is 0 Å². The number of nitrogens with one attached hydrogen (secondary N) is 1. The Hall–Kier alpha value is -1.39. The van der Waals surface area contributed by atoms with Crippen LogP contribution >= 0.6 is 0 Å². The van der Waals surface area contributed by atoms with Crippen molar-refractivity contribution in [2.75, 3.05) is 0 Å². The Bertz CT molecular complexity index is 553. The van der Waals surface area contributed by atoms with Crippen LogP contribution in [0.5, 0.6) is 0 Å². The number of carbonyl (C=O) groups excluding carboxylic acids is 1. The van der Waals surface area contributed by atoms with Crippen LogP contribution in [-0.4, -0.2) is 26.7 Å². The van der Waals surface area contributed by atoms with Gasteiger partial charge in [0, 0.05) is 6.04 Å². The Morgan fingerprint density at radius 2 is 2.09 bits per heavy atom. The molecule has 4 fully saturated rings. The van der Waals surface area contributed by atoms with E-state index in [1.807, 2.05) is 6.33 Å². The van der Waals surface area contributed by atoms with Gasteiger partial charge < -0.3 is 5.32 Å². The van der Waals surface area contributed by atoms with Crippen molar-refractivity contribution in [2.24, 2.45) is 17.3 Å². The van der Waals surface area contributed by atoms with E-state index in [0.717, 1.165) is 25.7 Å². The van der Waals surface area contributed by atoms with Gasteiger partial charge in [0.15, 0.2) is 0 Å². The second-order valence-corrected chi connectivity index (χ2v) is 8.09. The van der Waals surface area contributed by atoms with Crippen LogP contribution in [0.25, 0.3) is 0 Å². The fourth-order valence-electron chi connectivity index (χ4n) is 5.68. The lowest BCUT2D eigenvalue weighted by Gasteiger charge is -2.61. The molecule has 5 nitrogen and oxygen atoms in total. The van der Waals surface area contributed by atoms with E-state index in [1.54, 1.807) is 6.33 Å². The number of amides is 1. The van der Waals surface area contributed by atoms with Crippen molar-refractivity contribution < 1.29 is 4.79 Å². The second-order valence-electron chi connectivity index (χ2n) is 8.09. The fraction of sp³-hybridized carbons (Fsp3) is 0.824. The van der Waals surface area contributed by atoms with Crippen molar-refractivity contribution in [3.8, 4) is 0 Å². The summed E-state index contributed by atoms with van der Waals surface area (Å²) in [4.78, 5) is 17.2. The van der Waals surface area contributed by atoms with Gasteiger partial charge in [0.2, 0.25) is 5.91 Å². The average Bonchev–Trinajstić information content (AvgIpc) is 3.00. The summed E-state index contributed by atoms with van der Waals surface area (Å²) in [6.07, 6.45) is 11.2. The lowest BCUT2D eigenvalue weighted by atomic mass is 9.46. The van der Waals surface area contributed by atoms with Crippen LogP contribution in [0.3, 0.4) is 0 Å². The number of nitrogens with zero attached hydrogens (tertiary/aromatic N) is 3. The van der Waals surface area contributed by atoms with Gasteiger partial charge in [-0.1, -0.05) is 6.92 Å². The monoisotopic (exact) mass is 302 g/mol. The minimum absolute atomic E-state index is 0.0351. The zero-order valence-electron chi connectivity index (χ0n) is 13.6. The predicted octanol–water partition coefficient (Wildman–Crippen LogP) is 2.49. The van der Waals surface area contributed by atoms with Gasteiger partial charge in [-0.2, -0.15) is 5.10 Å². The lowest BCUT2D eigenvalue weighted by Crippen LogP contribution is -2.61. The van der Waals surface area contributed by atoms with E-state index in [2.05, 4.69) is 33.9 Å². The minimum Gasteiger partial charge on any atom is -0.353 e. The molecule has 5 atom stereocenters. The molecule has 0 aliphatic heterocycles. The Balaban J connectivity index is 1.66. The van der Waals surface area contributed by atoms with E-state index in [1.165, 1.54) is 19.3 Å². The highest BCUT2D eigenvalue weighted by atomic mass is 16.2. The van der Waals surface area contributed by atoms with Crippen molar-refractivity contribution in [3.63, 3.8) is 0 Å². The first kappa shape index (κ1) is 14.2. The normalized spacial score (nSPS) is 40.6. The topological polar surface area (TPSA) is 59.8 Å². The van der Waals surface area contributed by atoms with Crippen molar-refractivity contribution in [2.45, 2.75) is 70.4 Å². The molecule has 0 spiro atoms. The summed E-state index contributed by atoms with van der Waals surface area (Å²) in [6, 6.07) is 0.267. The maximum Gasteiger partial charge on any atom is 0.226 e. The van der Waals surface area contributed by atoms with Gasteiger partial charge in [0.05, 0.1) is 11.0 Å². The summed E-state index contributed by atoms with van der Waals surface area (Å²) in [7, 11) is 0. The first-order valence-corrected chi connectivity index (χ1v) is 8.71. The lowest BCUT2D eigenvalue weighted by molar-refractivity contribution is -0.156. The highest BCUT2D eigenvalue weighted by Crippen LogP contribution is 2.64. The van der Waals surface area contributed by atoms with E-state index in [-0.39, 0.29) is 17.0 Å². The SMILES string of the molecule is CC[C@H](C)NC(=O)C12C[C@H]3C[C@@H](C1)CC(n1cncn1)(C3)C2. The number of carbonyl (C=O) groups is 1. The first-order chi connectivity index (χ1) is 10.6. The molecule has 120 valence electrons. The zero-order valence-corrected chi connectivity index (χ0v) is 13.6. The third-order valence-electron chi connectivity index (χ3n) is 6.41. The molecule has 1 amide bonds. The summed E-state index contributed by atoms with van der Waals surface area (Å²) in [6.45, 7) is 4.23. The second kappa shape index (κ2) is 4.80. The van der Waals surface area contributed by atoms with Crippen LogP contribution in [0.4, 0.5) is 0 Å². The molecule has 0 aromatic carbocycles. The van der Waals surface area contributed by atoms with E-state index in [4.69, 9.17) is 0 Å². The third-order valence-corrected chi connectivity index (χ3v) is 6.41. The van der Waals surface area contributed by atoms with Crippen molar-refractivity contribution in [1.82, 2.24) is 20.1 Å². The van der Waals surface area contributed by atoms with E-state index in [9.17, 15) is 4.79 Å². The third kappa shape index (κ3) is 2.01. The first-order valence-electron chi connectivity index (χ1n) is 8.71. The molecule has 4 aliphatic carbocycles. The smallest absolute Gasteiger partial charge is 0.226 e. The molecule has 4 saturated carbocycles. The molecule has 1 aromatic heterocycles. The molecule has 5 rings (SSSR count). The van der Waals surface area contributed by atoms with Crippen LogP contribution in [0, 0.1) is 17.3 Å². The summed E-state index contributed by atoms with van der Waals surface area (Å²) >= 11 is 0. The van der Waals surface area contributed by atoms with Gasteiger partial charge in [0.25, 0.3) is 0 Å². The van der Waals surface area contributed by atoms with E-state index >= 15 is 0 Å². The van der Waals surface area contributed by atoms with Crippen molar-refractivity contribution in [3.05, 3.63) is 12.7 Å². The Labute approximate surface area is 131 Å². The molecule has 4 aliphatic rings. The molecule has 1 N–H and O–H groups in total. The summed E-state index contributed by atoms with van der Waals surface area (Å²) < 4.78 is 2.07. The molecular formula is C17H26N4O. The zero-order chi connectivity index (χ0) is 15.4. The minimum atomic E-state index is -0.167. The largest absolute Gasteiger partial charge is 0.353 e. The van der Waals surface area contributed by atoms with Gasteiger partial charge in [-0.3, -0.25) is 4.79 Å². The fourth-order valence-corrected chi connectivity index (χ4v) is 5.68. The number of hydrogen-bond acceptors (Lipinski definition) is 3. The summed E-state index contributed by atoms with van der Waals surface area (Å²) in [5.74, 6) is 1.64. The summed E-state index contributed by atoms with van der Waals surface area (Å²) in [5, 5.41) is 7.71. The highest BCUT2D eigenvalue weighted by Gasteiger charge is 2.61. The van der Waals surface area contributed by atoms with Crippen molar-refractivity contribution in [1.29, 1.82) is 0 Å². The maximum atomic E-state index is 13.0. The van der Waals surface area contributed by atoms with Gasteiger partial charge in [-0.05, 0) is 63.7 Å². The molecule has 22 heavy (non-hydrogen) atoms. The predicted molar refractivity (Wildman–Crippen MR) is 83.0 cm³/mol. The molecule has 5 heteroatoms. The van der Waals surface area contributed by atoms with Crippen LogP contribution in [0.1, 0.15) is 58.8 Å². The van der Waals surface area contributed by atoms with Crippen molar-refractivity contribution >= 4 is 5.91 Å². The van der Waals surface area contributed by atoms with E-state index in [0.29, 0.717) is 17.7 Å². The Kier molecular flexibility index (Phi) is 3.10. The van der Waals surface area contributed by atoms with Gasteiger partial charge in [0.1, 0.15) is 12.7 Å². The molecule has 1 heterocycles. The Morgan fingerprint density at radius 3 is 2.68 bits per heavy atom. The average molecular weight is 302 g/mol. The molecule has 1 aromatic rings. The van der Waals surface area contributed by atoms with Gasteiger partial charge in [-0.15, -0.1) is 0 Å². The number of aromatic nitrogens is 3. The number of rotatable bonds is 4. The molecule has 4 bridgehead atoms. The molecule has 0 radical (unpaired) electrons. The maximum absolute atomic E-state index is 13.0. The molecular weight excluding hydrogens is 276 g/mol. The Morgan fingerprint density at radius 1 is 1.36 bits per heavy atom. The van der Waals surface area contributed by atoms with Crippen LogP contribution in [-0.2, 0) is 10.3 Å². The quantitative estimate of drug-likeness (QED) is 0.929. The number of hydrogen-bond donors (Lipinski definition) is 1. The van der Waals surface area contributed by atoms with Crippen LogP contribution < -0.4 is 5.32 Å². The molecule has 2 unspecified atom stereocenters. The molecule has 0 saturated heterocycles. The van der Waals surface area contributed by atoms with Crippen LogP contribution in [0.15, 0.2) is 12.7 Å². The van der Waals surface area contributed by atoms with Gasteiger partial charge in [-0.25, -0.2) is 9.67 Å².